The van der Waals surface area contributed by atoms with Crippen LogP contribution >= 0.6 is 11.6 Å². The molecule has 0 amide bonds. The van der Waals surface area contributed by atoms with Crippen LogP contribution in [-0.2, 0) is 16.4 Å². The van der Waals surface area contributed by atoms with E-state index in [1.54, 1.807) is 60.9 Å². The Morgan fingerprint density at radius 3 is 2.45 bits per heavy atom. The third-order valence-corrected chi connectivity index (χ3v) is 6.19. The number of hydrogen-bond donors (Lipinski definition) is 1. The first-order chi connectivity index (χ1) is 14.1. The number of rotatable bonds is 6. The van der Waals surface area contributed by atoms with Gasteiger partial charge in [0.05, 0.1) is 15.5 Å². The van der Waals surface area contributed by atoms with E-state index in [-0.39, 0.29) is 21.7 Å². The Morgan fingerprint density at radius 1 is 0.966 bits per heavy atom. The molecule has 0 aliphatic heterocycles. The molecule has 0 aliphatic rings. The van der Waals surface area contributed by atoms with Crippen molar-refractivity contribution in [2.45, 2.75) is 16.5 Å². The van der Waals surface area contributed by atoms with Gasteiger partial charge < -0.3 is 9.73 Å². The lowest BCUT2D eigenvalue weighted by Crippen LogP contribution is -2.07. The fourth-order valence-electron chi connectivity index (χ4n) is 2.75. The molecule has 6 nitrogen and oxygen atoms in total. The van der Waals surface area contributed by atoms with Crippen LogP contribution in [0.4, 0.5) is 5.88 Å². The molecule has 2 aromatic carbocycles. The van der Waals surface area contributed by atoms with Crippen LogP contribution in [0.15, 0.2) is 93.5 Å². The van der Waals surface area contributed by atoms with Crippen molar-refractivity contribution in [3.05, 3.63) is 89.7 Å². The van der Waals surface area contributed by atoms with E-state index in [0.29, 0.717) is 17.1 Å². The zero-order chi connectivity index (χ0) is 20.3. The molecule has 0 atom stereocenters. The summed E-state index contributed by atoms with van der Waals surface area (Å²) in [5.41, 5.74) is 1.37. The van der Waals surface area contributed by atoms with Gasteiger partial charge in [-0.25, -0.2) is 8.42 Å². The lowest BCUT2D eigenvalue weighted by Gasteiger charge is -2.06. The zero-order valence-electron chi connectivity index (χ0n) is 15.1. The van der Waals surface area contributed by atoms with Gasteiger partial charge in [0.2, 0.25) is 26.6 Å². The molecule has 29 heavy (non-hydrogen) atoms. The average molecular weight is 426 g/mol. The van der Waals surface area contributed by atoms with Crippen LogP contribution in [0, 0.1) is 0 Å². The van der Waals surface area contributed by atoms with Gasteiger partial charge in [-0.1, -0.05) is 48.0 Å². The number of hydrogen-bond acceptors (Lipinski definition) is 6. The molecule has 1 N–H and O–H groups in total. The van der Waals surface area contributed by atoms with Gasteiger partial charge in [0.1, 0.15) is 0 Å². The largest absolute Gasteiger partial charge is 0.419 e. The van der Waals surface area contributed by atoms with Crippen LogP contribution in [0.1, 0.15) is 5.56 Å². The number of anilines is 1. The van der Waals surface area contributed by atoms with E-state index in [2.05, 4.69) is 15.3 Å². The van der Waals surface area contributed by atoms with Crippen molar-refractivity contribution in [1.29, 1.82) is 0 Å². The SMILES string of the molecule is O=S(=O)(c1ccccc1)c1nc(-c2ccccc2Cl)oc1NCc1cccnc1. The van der Waals surface area contributed by atoms with Crippen molar-refractivity contribution in [2.24, 2.45) is 0 Å². The second-order valence-corrected chi connectivity index (χ2v) is 8.44. The van der Waals surface area contributed by atoms with Crippen molar-refractivity contribution < 1.29 is 12.8 Å². The Hall–Kier alpha value is -3.16. The molecule has 4 rings (SSSR count). The summed E-state index contributed by atoms with van der Waals surface area (Å²) in [6.45, 7) is 0.322. The summed E-state index contributed by atoms with van der Waals surface area (Å²) in [4.78, 5) is 8.47. The average Bonchev–Trinajstić information content (AvgIpc) is 3.19. The summed E-state index contributed by atoms with van der Waals surface area (Å²) in [6.07, 6.45) is 3.35. The number of pyridine rings is 1. The molecule has 8 heteroatoms. The molecule has 0 radical (unpaired) electrons. The Labute approximate surface area is 173 Å². The second-order valence-electron chi connectivity index (χ2n) is 6.16. The molecule has 2 aromatic heterocycles. The lowest BCUT2D eigenvalue weighted by atomic mass is 10.2. The minimum atomic E-state index is -3.90. The molecule has 0 bridgehead atoms. The summed E-state index contributed by atoms with van der Waals surface area (Å²) < 4.78 is 32.2. The number of aromatic nitrogens is 2. The van der Waals surface area contributed by atoms with E-state index in [0.717, 1.165) is 5.56 Å². The van der Waals surface area contributed by atoms with E-state index in [1.165, 1.54) is 12.1 Å². The zero-order valence-corrected chi connectivity index (χ0v) is 16.7. The standard InChI is InChI=1S/C21H16ClN3O3S/c22-18-11-5-4-10-17(18)19-25-21(29(26,27)16-8-2-1-3-9-16)20(28-19)24-14-15-7-6-12-23-13-15/h1-13,24H,14H2. The molecule has 2 heterocycles. The fraction of sp³-hybridized carbons (Fsp3) is 0.0476. The molecule has 0 saturated heterocycles. The third kappa shape index (κ3) is 4.01. The van der Waals surface area contributed by atoms with Crippen LogP contribution < -0.4 is 5.32 Å². The summed E-state index contributed by atoms with van der Waals surface area (Å²) >= 11 is 6.25. The van der Waals surface area contributed by atoms with E-state index in [9.17, 15) is 8.42 Å². The minimum Gasteiger partial charge on any atom is -0.419 e. The van der Waals surface area contributed by atoms with Crippen LogP contribution in [-0.4, -0.2) is 18.4 Å². The van der Waals surface area contributed by atoms with Gasteiger partial charge in [0, 0.05) is 18.9 Å². The van der Waals surface area contributed by atoms with Gasteiger partial charge in [-0.2, -0.15) is 4.98 Å². The van der Waals surface area contributed by atoms with Gasteiger partial charge in [-0.3, -0.25) is 4.98 Å². The number of nitrogens with zero attached hydrogens (tertiary/aromatic N) is 2. The maximum absolute atomic E-state index is 13.2. The van der Waals surface area contributed by atoms with Crippen LogP contribution in [0.25, 0.3) is 11.5 Å². The van der Waals surface area contributed by atoms with Crippen LogP contribution in [0.2, 0.25) is 5.02 Å². The Bertz CT molecular complexity index is 1230. The Kier molecular flexibility index (Phi) is 5.33. The lowest BCUT2D eigenvalue weighted by molar-refractivity contribution is 0.576. The number of sulfone groups is 1. The van der Waals surface area contributed by atoms with Crippen molar-refractivity contribution in [3.8, 4) is 11.5 Å². The first-order valence-corrected chi connectivity index (χ1v) is 10.6. The van der Waals surface area contributed by atoms with E-state index >= 15 is 0 Å². The van der Waals surface area contributed by atoms with E-state index < -0.39 is 9.84 Å². The molecule has 146 valence electrons. The van der Waals surface area contributed by atoms with Crippen molar-refractivity contribution >= 4 is 27.3 Å². The third-order valence-electron chi connectivity index (χ3n) is 4.18. The minimum absolute atomic E-state index is 0.0487. The number of halogens is 1. The fourth-order valence-corrected chi connectivity index (χ4v) is 4.26. The smallest absolute Gasteiger partial charge is 0.234 e. The van der Waals surface area contributed by atoms with Gasteiger partial charge in [-0.05, 0) is 35.9 Å². The first kappa shape index (κ1) is 19.2. The van der Waals surface area contributed by atoms with Gasteiger partial charge in [-0.15, -0.1) is 0 Å². The van der Waals surface area contributed by atoms with Gasteiger partial charge >= 0.3 is 0 Å². The normalized spacial score (nSPS) is 11.3. The summed E-state index contributed by atoms with van der Waals surface area (Å²) in [6, 6.07) is 18.7. The van der Waals surface area contributed by atoms with Crippen molar-refractivity contribution in [1.82, 2.24) is 9.97 Å². The molecule has 0 spiro atoms. The van der Waals surface area contributed by atoms with Crippen LogP contribution in [0.3, 0.4) is 0 Å². The summed E-state index contributed by atoms with van der Waals surface area (Å²) in [5.74, 6) is 0.173. The molecule has 4 aromatic rings. The molecule has 0 unspecified atom stereocenters. The highest BCUT2D eigenvalue weighted by molar-refractivity contribution is 7.91. The van der Waals surface area contributed by atoms with Crippen molar-refractivity contribution in [3.63, 3.8) is 0 Å². The molecule has 0 aliphatic carbocycles. The maximum Gasteiger partial charge on any atom is 0.234 e. The number of nitrogens with one attached hydrogen (secondary N) is 1. The monoisotopic (exact) mass is 425 g/mol. The predicted molar refractivity (Wildman–Crippen MR) is 110 cm³/mol. The maximum atomic E-state index is 13.2. The Balaban J connectivity index is 1.79. The highest BCUT2D eigenvalue weighted by Gasteiger charge is 2.28. The second kappa shape index (κ2) is 8.06. The Morgan fingerprint density at radius 2 is 1.72 bits per heavy atom. The molecular weight excluding hydrogens is 410 g/mol. The highest BCUT2D eigenvalue weighted by Crippen LogP contribution is 2.35. The number of benzene rings is 2. The highest BCUT2D eigenvalue weighted by atomic mass is 35.5. The van der Waals surface area contributed by atoms with Gasteiger partial charge in [0.25, 0.3) is 0 Å². The quantitative estimate of drug-likeness (QED) is 0.476. The summed E-state index contributed by atoms with van der Waals surface area (Å²) in [5, 5.41) is 3.24. The topological polar surface area (TPSA) is 85.1 Å². The van der Waals surface area contributed by atoms with Crippen LogP contribution in [0.5, 0.6) is 0 Å². The molecular formula is C21H16ClN3O3S. The predicted octanol–water partition coefficient (Wildman–Crippen LogP) is 4.83. The van der Waals surface area contributed by atoms with E-state index in [4.69, 9.17) is 16.0 Å². The molecule has 0 fully saturated rings. The summed E-state index contributed by atoms with van der Waals surface area (Å²) in [7, 11) is -3.90. The first-order valence-electron chi connectivity index (χ1n) is 8.74. The van der Waals surface area contributed by atoms with E-state index in [1.807, 2.05) is 6.07 Å². The number of oxazole rings is 1. The molecule has 0 saturated carbocycles. The van der Waals surface area contributed by atoms with Gasteiger partial charge in [0.15, 0.2) is 0 Å². The van der Waals surface area contributed by atoms with Crippen molar-refractivity contribution in [2.75, 3.05) is 5.32 Å².